The van der Waals surface area contributed by atoms with Crippen LogP contribution >= 0.6 is 0 Å². The first kappa shape index (κ1) is 19.9. The lowest BCUT2D eigenvalue weighted by Gasteiger charge is -2.30. The van der Waals surface area contributed by atoms with Gasteiger partial charge in [0.2, 0.25) is 15.9 Å². The van der Waals surface area contributed by atoms with Crippen molar-refractivity contribution in [3.8, 4) is 0 Å². The Morgan fingerprint density at radius 1 is 1.20 bits per heavy atom. The Labute approximate surface area is 150 Å². The average molecular weight is 368 g/mol. The van der Waals surface area contributed by atoms with Gasteiger partial charge in [0, 0.05) is 32.1 Å². The van der Waals surface area contributed by atoms with Crippen molar-refractivity contribution < 1.29 is 13.2 Å². The molecule has 1 fully saturated rings. The van der Waals surface area contributed by atoms with Crippen LogP contribution in [-0.2, 0) is 20.2 Å². The third-order valence-corrected chi connectivity index (χ3v) is 6.54. The summed E-state index contributed by atoms with van der Waals surface area (Å²) in [6, 6.07) is 7.10. The number of benzene rings is 1. The third-order valence-electron chi connectivity index (χ3n) is 4.63. The molecule has 1 aromatic rings. The van der Waals surface area contributed by atoms with E-state index in [-0.39, 0.29) is 17.2 Å². The van der Waals surface area contributed by atoms with Gasteiger partial charge in [0.05, 0.1) is 4.90 Å². The van der Waals surface area contributed by atoms with Crippen LogP contribution in [0.3, 0.4) is 0 Å². The summed E-state index contributed by atoms with van der Waals surface area (Å²) in [4.78, 5) is 12.3. The van der Waals surface area contributed by atoms with E-state index in [0.29, 0.717) is 43.9 Å². The molecule has 0 bridgehead atoms. The number of nitrogens with zero attached hydrogens (tertiary/aromatic N) is 1. The summed E-state index contributed by atoms with van der Waals surface area (Å²) in [6.07, 6.45) is 1.07. The lowest BCUT2D eigenvalue weighted by molar-refractivity contribution is -0.126. The molecule has 1 aromatic carbocycles. The van der Waals surface area contributed by atoms with Crippen LogP contribution in [0.1, 0.15) is 39.2 Å². The zero-order chi connectivity index (χ0) is 18.7. The van der Waals surface area contributed by atoms with E-state index >= 15 is 0 Å². The van der Waals surface area contributed by atoms with Gasteiger partial charge in [0.15, 0.2) is 0 Å². The third kappa shape index (κ3) is 4.80. The number of piperidine rings is 1. The van der Waals surface area contributed by atoms with Crippen LogP contribution in [0.5, 0.6) is 0 Å². The van der Waals surface area contributed by atoms with E-state index in [0.717, 1.165) is 5.56 Å². The maximum atomic E-state index is 12.8. The van der Waals surface area contributed by atoms with Gasteiger partial charge >= 0.3 is 0 Å². The van der Waals surface area contributed by atoms with Crippen molar-refractivity contribution in [3.63, 3.8) is 0 Å². The largest absolute Gasteiger partial charge is 0.355 e. The SMILES string of the molecule is CC(C)(C)c1ccc(S(=O)(=O)N2CCC(C(=O)NCCN)CC2)cc1. The van der Waals surface area contributed by atoms with Gasteiger partial charge in [-0.2, -0.15) is 4.31 Å². The van der Waals surface area contributed by atoms with Crippen LogP contribution in [-0.4, -0.2) is 44.8 Å². The molecule has 1 aliphatic heterocycles. The number of carbonyl (C=O) groups is 1. The quantitative estimate of drug-likeness (QED) is 0.824. The first-order chi connectivity index (χ1) is 11.7. The fourth-order valence-corrected chi connectivity index (χ4v) is 4.44. The van der Waals surface area contributed by atoms with Crippen molar-refractivity contribution in [1.82, 2.24) is 9.62 Å². The second kappa shape index (κ2) is 7.85. The molecule has 2 rings (SSSR count). The van der Waals surface area contributed by atoms with Crippen molar-refractivity contribution in [2.24, 2.45) is 11.7 Å². The molecular formula is C18H29N3O3S. The minimum absolute atomic E-state index is 0.0163. The van der Waals surface area contributed by atoms with Crippen LogP contribution < -0.4 is 11.1 Å². The molecule has 1 aliphatic rings. The highest BCUT2D eigenvalue weighted by Gasteiger charge is 2.32. The number of nitrogens with two attached hydrogens (primary N) is 1. The summed E-state index contributed by atoms with van der Waals surface area (Å²) in [5.41, 5.74) is 6.47. The van der Waals surface area contributed by atoms with Crippen LogP contribution in [0.15, 0.2) is 29.2 Å². The summed E-state index contributed by atoms with van der Waals surface area (Å²) in [5, 5.41) is 2.78. The molecule has 0 saturated carbocycles. The van der Waals surface area contributed by atoms with Crippen LogP contribution in [0.25, 0.3) is 0 Å². The smallest absolute Gasteiger partial charge is 0.243 e. The number of nitrogens with one attached hydrogen (secondary N) is 1. The number of hydrogen-bond donors (Lipinski definition) is 2. The zero-order valence-corrected chi connectivity index (χ0v) is 16.1. The Morgan fingerprint density at radius 2 is 1.76 bits per heavy atom. The minimum atomic E-state index is -3.51. The molecular weight excluding hydrogens is 338 g/mol. The summed E-state index contributed by atoms with van der Waals surface area (Å²) < 4.78 is 27.1. The Morgan fingerprint density at radius 3 is 2.24 bits per heavy atom. The second-order valence-corrected chi connectivity index (χ2v) is 9.47. The standard InChI is InChI=1S/C18H29N3O3S/c1-18(2,3)15-4-6-16(7-5-15)25(23,24)21-12-8-14(9-13-21)17(22)20-11-10-19/h4-7,14H,8-13,19H2,1-3H3,(H,20,22). The molecule has 1 heterocycles. The number of sulfonamides is 1. The Bertz CT molecular complexity index is 685. The topological polar surface area (TPSA) is 92.5 Å². The maximum Gasteiger partial charge on any atom is 0.243 e. The Hall–Kier alpha value is -1.44. The number of amides is 1. The van der Waals surface area contributed by atoms with E-state index in [2.05, 4.69) is 26.1 Å². The predicted molar refractivity (Wildman–Crippen MR) is 98.7 cm³/mol. The fourth-order valence-electron chi connectivity index (χ4n) is 2.97. The van der Waals surface area contributed by atoms with Gasteiger partial charge in [-0.05, 0) is 36.0 Å². The highest BCUT2D eigenvalue weighted by Crippen LogP contribution is 2.27. The molecule has 6 nitrogen and oxygen atoms in total. The Balaban J connectivity index is 2.03. The van der Waals surface area contributed by atoms with Gasteiger partial charge in [-0.25, -0.2) is 8.42 Å². The first-order valence-corrected chi connectivity index (χ1v) is 10.2. The highest BCUT2D eigenvalue weighted by molar-refractivity contribution is 7.89. The molecule has 0 unspecified atom stereocenters. The molecule has 0 aromatic heterocycles. The van der Waals surface area contributed by atoms with Gasteiger partial charge in [-0.15, -0.1) is 0 Å². The second-order valence-electron chi connectivity index (χ2n) is 7.53. The van der Waals surface area contributed by atoms with Gasteiger partial charge in [0.25, 0.3) is 0 Å². The normalized spacial score (nSPS) is 17.4. The van der Waals surface area contributed by atoms with Crippen LogP contribution in [0.2, 0.25) is 0 Å². The molecule has 25 heavy (non-hydrogen) atoms. The van der Waals surface area contributed by atoms with Crippen molar-refractivity contribution in [3.05, 3.63) is 29.8 Å². The number of hydrogen-bond acceptors (Lipinski definition) is 4. The average Bonchev–Trinajstić information content (AvgIpc) is 2.59. The van der Waals surface area contributed by atoms with Gasteiger partial charge in [-0.3, -0.25) is 4.79 Å². The molecule has 1 saturated heterocycles. The lowest BCUT2D eigenvalue weighted by Crippen LogP contribution is -2.43. The van der Waals surface area contributed by atoms with Crippen LogP contribution in [0.4, 0.5) is 0 Å². The van der Waals surface area contributed by atoms with E-state index in [4.69, 9.17) is 5.73 Å². The Kier molecular flexibility index (Phi) is 6.24. The molecule has 7 heteroatoms. The minimum Gasteiger partial charge on any atom is -0.355 e. The summed E-state index contributed by atoms with van der Waals surface area (Å²) in [7, 11) is -3.51. The van der Waals surface area contributed by atoms with Crippen molar-refractivity contribution in [1.29, 1.82) is 0 Å². The van der Waals surface area contributed by atoms with Gasteiger partial charge in [0.1, 0.15) is 0 Å². The monoisotopic (exact) mass is 367 g/mol. The summed E-state index contributed by atoms with van der Waals surface area (Å²) in [6.45, 7) is 7.88. The summed E-state index contributed by atoms with van der Waals surface area (Å²) >= 11 is 0. The first-order valence-electron chi connectivity index (χ1n) is 8.74. The predicted octanol–water partition coefficient (Wildman–Crippen LogP) is 1.46. The number of rotatable bonds is 5. The lowest BCUT2D eigenvalue weighted by atomic mass is 9.87. The van der Waals surface area contributed by atoms with Crippen molar-refractivity contribution in [2.45, 2.75) is 43.9 Å². The molecule has 0 aliphatic carbocycles. The molecule has 3 N–H and O–H groups in total. The van der Waals surface area contributed by atoms with Crippen molar-refractivity contribution in [2.75, 3.05) is 26.2 Å². The maximum absolute atomic E-state index is 12.8. The van der Waals surface area contributed by atoms with Crippen molar-refractivity contribution >= 4 is 15.9 Å². The zero-order valence-electron chi connectivity index (χ0n) is 15.3. The van der Waals surface area contributed by atoms with E-state index < -0.39 is 10.0 Å². The molecule has 140 valence electrons. The highest BCUT2D eigenvalue weighted by atomic mass is 32.2. The molecule has 0 radical (unpaired) electrons. The number of carbonyl (C=O) groups excluding carboxylic acids is 1. The summed E-state index contributed by atoms with van der Waals surface area (Å²) in [5.74, 6) is -0.168. The molecule has 0 atom stereocenters. The molecule has 1 amide bonds. The van der Waals surface area contributed by atoms with Gasteiger partial charge < -0.3 is 11.1 Å². The van der Waals surface area contributed by atoms with Crippen LogP contribution in [0, 0.1) is 5.92 Å². The van der Waals surface area contributed by atoms with E-state index in [9.17, 15) is 13.2 Å². The fraction of sp³-hybridized carbons (Fsp3) is 0.611. The van der Waals surface area contributed by atoms with E-state index in [1.54, 1.807) is 12.1 Å². The van der Waals surface area contributed by atoms with E-state index in [1.807, 2.05) is 12.1 Å². The molecule has 0 spiro atoms. The van der Waals surface area contributed by atoms with E-state index in [1.165, 1.54) is 4.31 Å². The van der Waals surface area contributed by atoms with Gasteiger partial charge in [-0.1, -0.05) is 32.9 Å².